The lowest BCUT2D eigenvalue weighted by molar-refractivity contribution is 0.265. The highest BCUT2D eigenvalue weighted by Gasteiger charge is 2.26. The van der Waals surface area contributed by atoms with Gasteiger partial charge >= 0.3 is 0 Å². The van der Waals surface area contributed by atoms with Crippen LogP contribution in [0.2, 0.25) is 0 Å². The highest BCUT2D eigenvalue weighted by Crippen LogP contribution is 2.22. The number of piperidine rings is 1. The van der Waals surface area contributed by atoms with E-state index in [0.29, 0.717) is 24.8 Å². The predicted octanol–water partition coefficient (Wildman–Crippen LogP) is 2.43. The van der Waals surface area contributed by atoms with E-state index in [4.69, 9.17) is 0 Å². The maximum atomic E-state index is 11.7. The Bertz CT molecular complexity index is 763. The summed E-state index contributed by atoms with van der Waals surface area (Å²) in [7, 11) is -3.11. The van der Waals surface area contributed by atoms with Crippen LogP contribution >= 0.6 is 0 Å². The molecule has 0 amide bonds. The van der Waals surface area contributed by atoms with Gasteiger partial charge in [-0.3, -0.25) is 0 Å². The molecule has 1 aromatic heterocycles. The van der Waals surface area contributed by atoms with Crippen molar-refractivity contribution < 1.29 is 8.42 Å². The monoisotopic (exact) mass is 346 g/mol. The largest absolute Gasteiger partial charge is 0.339 e. The van der Waals surface area contributed by atoms with Crippen molar-refractivity contribution in [1.29, 1.82) is 0 Å². The van der Waals surface area contributed by atoms with E-state index in [-0.39, 0.29) is 0 Å². The minimum Gasteiger partial charge on any atom is -0.339 e. The summed E-state index contributed by atoms with van der Waals surface area (Å²) in [4.78, 5) is 0. The second kappa shape index (κ2) is 7.27. The molecule has 1 aliphatic heterocycles. The van der Waals surface area contributed by atoms with Crippen molar-refractivity contribution in [1.82, 2.24) is 14.5 Å². The SMILES string of the molecule is CS(=O)(=O)N1CCC[C@@H](Cc2ccc(Nc3ccccc3)nn2)C1. The van der Waals surface area contributed by atoms with Gasteiger partial charge in [-0.05, 0) is 49.4 Å². The van der Waals surface area contributed by atoms with Crippen molar-refractivity contribution in [2.24, 2.45) is 5.92 Å². The third-order valence-electron chi connectivity index (χ3n) is 4.21. The Hall–Kier alpha value is -1.99. The predicted molar refractivity (Wildman–Crippen MR) is 94.6 cm³/mol. The summed E-state index contributed by atoms with van der Waals surface area (Å²) >= 11 is 0. The topological polar surface area (TPSA) is 75.2 Å². The quantitative estimate of drug-likeness (QED) is 0.900. The summed E-state index contributed by atoms with van der Waals surface area (Å²) < 4.78 is 25.0. The molecule has 0 aliphatic carbocycles. The van der Waals surface area contributed by atoms with E-state index >= 15 is 0 Å². The van der Waals surface area contributed by atoms with E-state index in [1.807, 2.05) is 42.5 Å². The Balaban J connectivity index is 1.60. The van der Waals surface area contributed by atoms with Gasteiger partial charge in [-0.2, -0.15) is 5.10 Å². The molecule has 0 radical (unpaired) electrons. The number of sulfonamides is 1. The number of benzene rings is 1. The summed E-state index contributed by atoms with van der Waals surface area (Å²) in [5.41, 5.74) is 1.87. The second-order valence-corrected chi connectivity index (χ2v) is 8.22. The molecule has 0 spiro atoms. The second-order valence-electron chi connectivity index (χ2n) is 6.23. The van der Waals surface area contributed by atoms with E-state index in [1.165, 1.54) is 6.26 Å². The first-order chi connectivity index (χ1) is 11.5. The summed E-state index contributed by atoms with van der Waals surface area (Å²) in [5.74, 6) is 1.00. The molecule has 128 valence electrons. The number of aromatic nitrogens is 2. The van der Waals surface area contributed by atoms with Crippen LogP contribution in [0.15, 0.2) is 42.5 Å². The Morgan fingerprint density at radius 3 is 2.62 bits per heavy atom. The molecule has 1 aromatic carbocycles. The first-order valence-electron chi connectivity index (χ1n) is 8.10. The van der Waals surface area contributed by atoms with Crippen LogP contribution in [0.1, 0.15) is 18.5 Å². The molecule has 1 fully saturated rings. The van der Waals surface area contributed by atoms with Crippen LogP contribution in [0.5, 0.6) is 0 Å². The van der Waals surface area contributed by atoms with Crippen molar-refractivity contribution in [2.45, 2.75) is 19.3 Å². The molecular weight excluding hydrogens is 324 g/mol. The lowest BCUT2D eigenvalue weighted by Crippen LogP contribution is -2.39. The highest BCUT2D eigenvalue weighted by atomic mass is 32.2. The van der Waals surface area contributed by atoms with E-state index in [2.05, 4.69) is 15.5 Å². The number of nitrogens with zero attached hydrogens (tertiary/aromatic N) is 3. The third kappa shape index (κ3) is 4.52. The van der Waals surface area contributed by atoms with E-state index in [9.17, 15) is 8.42 Å². The van der Waals surface area contributed by atoms with Gasteiger partial charge in [0.25, 0.3) is 0 Å². The average Bonchev–Trinajstić information content (AvgIpc) is 2.57. The molecule has 1 N–H and O–H groups in total. The molecule has 0 saturated carbocycles. The Morgan fingerprint density at radius 2 is 1.96 bits per heavy atom. The molecule has 2 heterocycles. The van der Waals surface area contributed by atoms with Gasteiger partial charge in [-0.15, -0.1) is 5.10 Å². The molecule has 7 heteroatoms. The zero-order valence-electron chi connectivity index (χ0n) is 13.7. The molecule has 2 aromatic rings. The van der Waals surface area contributed by atoms with Crippen molar-refractivity contribution in [3.05, 3.63) is 48.2 Å². The fourth-order valence-electron chi connectivity index (χ4n) is 3.00. The standard InChI is InChI=1S/C17H22N4O2S/c1-24(22,23)21-11-5-6-14(13-21)12-16-9-10-17(20-19-16)18-15-7-3-2-4-8-15/h2-4,7-10,14H,5-6,11-13H2,1H3,(H,18,20)/t14-/m0/s1. The lowest BCUT2D eigenvalue weighted by atomic mass is 9.94. The van der Waals surface area contributed by atoms with Crippen LogP contribution in [-0.4, -0.2) is 42.3 Å². The number of hydrogen-bond donors (Lipinski definition) is 1. The Morgan fingerprint density at radius 1 is 1.17 bits per heavy atom. The molecule has 0 bridgehead atoms. The Labute approximate surface area is 143 Å². The smallest absolute Gasteiger partial charge is 0.211 e. The van der Waals surface area contributed by atoms with Gasteiger partial charge in [0.2, 0.25) is 10.0 Å². The van der Waals surface area contributed by atoms with Gasteiger partial charge in [-0.25, -0.2) is 12.7 Å². The molecule has 6 nitrogen and oxygen atoms in total. The maximum Gasteiger partial charge on any atom is 0.211 e. The first-order valence-corrected chi connectivity index (χ1v) is 9.95. The number of hydrogen-bond acceptors (Lipinski definition) is 5. The van der Waals surface area contributed by atoms with Crippen molar-refractivity contribution in [3.8, 4) is 0 Å². The Kier molecular flexibility index (Phi) is 5.11. The van der Waals surface area contributed by atoms with Crippen LogP contribution in [0.4, 0.5) is 11.5 Å². The molecule has 1 saturated heterocycles. The lowest BCUT2D eigenvalue weighted by Gasteiger charge is -2.30. The summed E-state index contributed by atoms with van der Waals surface area (Å²) in [6.07, 6.45) is 3.96. The number of para-hydroxylation sites is 1. The van der Waals surface area contributed by atoms with Gasteiger partial charge in [-0.1, -0.05) is 18.2 Å². The van der Waals surface area contributed by atoms with Crippen LogP contribution < -0.4 is 5.32 Å². The number of nitrogens with one attached hydrogen (secondary N) is 1. The van der Waals surface area contributed by atoms with Crippen LogP contribution in [0, 0.1) is 5.92 Å². The van der Waals surface area contributed by atoms with E-state index < -0.39 is 10.0 Å². The molecule has 24 heavy (non-hydrogen) atoms. The van der Waals surface area contributed by atoms with Gasteiger partial charge in [0, 0.05) is 18.8 Å². The summed E-state index contributed by atoms with van der Waals surface area (Å²) in [6.45, 7) is 1.20. The van der Waals surface area contributed by atoms with Crippen LogP contribution in [-0.2, 0) is 16.4 Å². The van der Waals surface area contributed by atoms with E-state index in [0.717, 1.165) is 30.6 Å². The molecular formula is C17H22N4O2S. The fraction of sp³-hybridized carbons (Fsp3) is 0.412. The summed E-state index contributed by atoms with van der Waals surface area (Å²) in [6, 6.07) is 13.7. The normalized spacial score (nSPS) is 19.1. The molecule has 3 rings (SSSR count). The molecule has 1 atom stereocenters. The highest BCUT2D eigenvalue weighted by molar-refractivity contribution is 7.88. The molecule has 1 aliphatic rings. The van der Waals surface area contributed by atoms with Crippen molar-refractivity contribution in [3.63, 3.8) is 0 Å². The third-order valence-corrected chi connectivity index (χ3v) is 5.48. The van der Waals surface area contributed by atoms with Gasteiger partial charge < -0.3 is 5.32 Å². The zero-order chi connectivity index (χ0) is 17.0. The number of anilines is 2. The first kappa shape index (κ1) is 16.9. The van der Waals surface area contributed by atoms with Gasteiger partial charge in [0.05, 0.1) is 11.9 Å². The maximum absolute atomic E-state index is 11.7. The number of rotatable bonds is 5. The van der Waals surface area contributed by atoms with E-state index in [1.54, 1.807) is 4.31 Å². The summed E-state index contributed by atoms with van der Waals surface area (Å²) in [5, 5.41) is 11.7. The van der Waals surface area contributed by atoms with Crippen molar-refractivity contribution >= 4 is 21.5 Å². The van der Waals surface area contributed by atoms with Crippen LogP contribution in [0.3, 0.4) is 0 Å². The van der Waals surface area contributed by atoms with Gasteiger partial charge in [0.1, 0.15) is 0 Å². The van der Waals surface area contributed by atoms with Crippen LogP contribution in [0.25, 0.3) is 0 Å². The van der Waals surface area contributed by atoms with Gasteiger partial charge in [0.15, 0.2) is 5.82 Å². The fourth-order valence-corrected chi connectivity index (χ4v) is 3.94. The van der Waals surface area contributed by atoms with Crippen molar-refractivity contribution in [2.75, 3.05) is 24.7 Å². The zero-order valence-corrected chi connectivity index (χ0v) is 14.5. The average molecular weight is 346 g/mol. The minimum atomic E-state index is -3.11. The molecule has 0 unspecified atom stereocenters. The minimum absolute atomic E-state index is 0.302.